The van der Waals surface area contributed by atoms with Crippen molar-refractivity contribution in [1.82, 2.24) is 0 Å². The van der Waals surface area contributed by atoms with Crippen LogP contribution in [0.3, 0.4) is 0 Å². The lowest BCUT2D eigenvalue weighted by Gasteiger charge is -2.24. The maximum Gasteiger partial charge on any atom is 0.237 e. The van der Waals surface area contributed by atoms with E-state index in [1.165, 1.54) is 10.9 Å². The summed E-state index contributed by atoms with van der Waals surface area (Å²) >= 11 is 0. The minimum Gasteiger partial charge on any atom is -0.347 e. The quantitative estimate of drug-likeness (QED) is 0.233. The Kier molecular flexibility index (Phi) is 5.67. The number of hydrogen-bond donors (Lipinski definition) is 0. The number of fused-ring (bicyclic) bond motifs is 6. The largest absolute Gasteiger partial charge is 0.347 e. The van der Waals surface area contributed by atoms with Crippen LogP contribution in [0.4, 0.5) is 11.4 Å². The molecule has 0 radical (unpaired) electrons. The molecular weight excluding hydrogens is 532 g/mol. The van der Waals surface area contributed by atoms with E-state index in [0.29, 0.717) is 0 Å². The van der Waals surface area contributed by atoms with Crippen LogP contribution in [0.1, 0.15) is 38.8 Å². The molecule has 0 fully saturated rings. The average molecular weight is 566 g/mol. The second kappa shape index (κ2) is 9.05. The molecule has 0 aliphatic carbocycles. The number of rotatable bonds is 2. The summed E-state index contributed by atoms with van der Waals surface area (Å²) in [5.74, 6) is 0. The van der Waals surface area contributed by atoms with Gasteiger partial charge in [-0.25, -0.2) is 0 Å². The number of hydrogen-bond acceptors (Lipinski definition) is 4. The maximum atomic E-state index is 13.7. The summed E-state index contributed by atoms with van der Waals surface area (Å²) in [6, 6.07) is 24.9. The van der Waals surface area contributed by atoms with E-state index in [0.717, 1.165) is 44.5 Å². The highest BCUT2D eigenvalue weighted by Gasteiger charge is 2.44. The van der Waals surface area contributed by atoms with Crippen LogP contribution in [-0.4, -0.2) is 24.4 Å². The zero-order chi connectivity index (χ0) is 30.4. The summed E-state index contributed by atoms with van der Waals surface area (Å²) in [6.45, 7) is 8.49. The third-order valence-electron chi connectivity index (χ3n) is 9.66. The Morgan fingerprint density at radius 2 is 1.23 bits per heavy atom. The summed E-state index contributed by atoms with van der Waals surface area (Å²) in [5.41, 5.74) is 3.33. The van der Waals surface area contributed by atoms with Crippen molar-refractivity contribution in [3.8, 4) is 0 Å². The van der Waals surface area contributed by atoms with Gasteiger partial charge < -0.3 is 4.90 Å². The summed E-state index contributed by atoms with van der Waals surface area (Å²) in [5, 5.41) is 4.44. The normalized spacial score (nSPS) is 18.8. The van der Waals surface area contributed by atoms with Gasteiger partial charge in [-0.1, -0.05) is 68.4 Å². The molecule has 2 heterocycles. The Balaban J connectivity index is 1.38. The Bertz CT molecular complexity index is 2380. The first-order chi connectivity index (χ1) is 20.4. The van der Waals surface area contributed by atoms with Crippen LogP contribution in [0, 0.1) is 0 Å². The highest BCUT2D eigenvalue weighted by Crippen LogP contribution is 2.50. The Morgan fingerprint density at radius 1 is 0.651 bits per heavy atom. The van der Waals surface area contributed by atoms with Crippen LogP contribution in [0.2, 0.25) is 0 Å². The van der Waals surface area contributed by atoms with Crippen molar-refractivity contribution in [1.29, 1.82) is 0 Å². The molecule has 5 nitrogen and oxygen atoms in total. The molecule has 5 aromatic rings. The summed E-state index contributed by atoms with van der Waals surface area (Å²) < 4.78 is 2.03. The molecule has 0 bridgehead atoms. The molecule has 43 heavy (non-hydrogen) atoms. The molecule has 0 saturated heterocycles. The number of benzene rings is 4. The lowest BCUT2D eigenvalue weighted by molar-refractivity contribution is -0.400. The molecule has 212 valence electrons. The van der Waals surface area contributed by atoms with Crippen molar-refractivity contribution in [3.05, 3.63) is 137 Å². The Morgan fingerprint density at radius 3 is 1.91 bits per heavy atom. The third-order valence-corrected chi connectivity index (χ3v) is 9.66. The SMILES string of the molecule is CN1/C(=C/C=c2\c(=O)c(=O)/c(=C\C3=[N+](C)c4ccc5ccccc5c4C3(C)C)c2=O)C(C)(C)c2c1ccc1ccccc21. The smallest absolute Gasteiger partial charge is 0.237 e. The van der Waals surface area contributed by atoms with Gasteiger partial charge in [0.25, 0.3) is 0 Å². The highest BCUT2D eigenvalue weighted by atomic mass is 16.2. The van der Waals surface area contributed by atoms with Gasteiger partial charge in [0.05, 0.1) is 15.9 Å². The van der Waals surface area contributed by atoms with Crippen LogP contribution in [0.25, 0.3) is 33.7 Å². The van der Waals surface area contributed by atoms with Gasteiger partial charge in [0.2, 0.25) is 22.0 Å². The maximum absolute atomic E-state index is 13.7. The van der Waals surface area contributed by atoms with E-state index in [9.17, 15) is 14.4 Å². The monoisotopic (exact) mass is 565 g/mol. The van der Waals surface area contributed by atoms with Gasteiger partial charge in [0, 0.05) is 41.6 Å². The molecule has 0 spiro atoms. The van der Waals surface area contributed by atoms with E-state index in [2.05, 4.69) is 81.1 Å². The molecule has 5 heteroatoms. The van der Waals surface area contributed by atoms with Crippen LogP contribution in [-0.2, 0) is 10.8 Å². The van der Waals surface area contributed by atoms with Crippen molar-refractivity contribution in [3.63, 3.8) is 0 Å². The summed E-state index contributed by atoms with van der Waals surface area (Å²) in [4.78, 5) is 42.3. The third kappa shape index (κ3) is 3.64. The van der Waals surface area contributed by atoms with E-state index in [1.807, 2.05) is 49.0 Å². The fourth-order valence-electron chi connectivity index (χ4n) is 7.52. The minimum absolute atomic E-state index is 0.0741. The number of allylic oxidation sites excluding steroid dienone is 2. The number of likely N-dealkylation sites (N-methyl/N-ethyl adjacent to an activating group) is 1. The lowest BCUT2D eigenvalue weighted by atomic mass is 9.79. The molecule has 0 aromatic heterocycles. The molecule has 0 atom stereocenters. The average Bonchev–Trinajstić information content (AvgIpc) is 3.41. The molecule has 2 aliphatic rings. The number of nitrogens with zero attached hydrogens (tertiary/aromatic N) is 2. The first kappa shape index (κ1) is 27.0. The van der Waals surface area contributed by atoms with Gasteiger partial charge in [-0.15, -0.1) is 0 Å². The van der Waals surface area contributed by atoms with Gasteiger partial charge >= 0.3 is 0 Å². The topological polar surface area (TPSA) is 57.5 Å². The van der Waals surface area contributed by atoms with Gasteiger partial charge in [-0.05, 0) is 65.2 Å². The predicted octanol–water partition coefficient (Wildman–Crippen LogP) is 4.53. The molecule has 5 aromatic carbocycles. The molecule has 7 rings (SSSR count). The zero-order valence-corrected chi connectivity index (χ0v) is 25.3. The fourth-order valence-corrected chi connectivity index (χ4v) is 7.52. The molecule has 0 N–H and O–H groups in total. The van der Waals surface area contributed by atoms with E-state index < -0.39 is 21.7 Å². The molecule has 2 aliphatic heterocycles. The van der Waals surface area contributed by atoms with Crippen molar-refractivity contribution < 1.29 is 4.58 Å². The van der Waals surface area contributed by atoms with Crippen LogP contribution in [0.5, 0.6) is 0 Å². The van der Waals surface area contributed by atoms with Gasteiger partial charge in [0.1, 0.15) is 7.05 Å². The van der Waals surface area contributed by atoms with Crippen molar-refractivity contribution in [2.75, 3.05) is 19.0 Å². The Hall–Kier alpha value is -4.90. The van der Waals surface area contributed by atoms with Gasteiger partial charge in [-0.3, -0.25) is 14.4 Å². The fraction of sp³-hybridized carbons (Fsp3) is 0.211. The first-order valence-electron chi connectivity index (χ1n) is 14.6. The second-order valence-electron chi connectivity index (χ2n) is 12.8. The second-order valence-corrected chi connectivity index (χ2v) is 12.8. The van der Waals surface area contributed by atoms with E-state index in [1.54, 1.807) is 12.2 Å². The van der Waals surface area contributed by atoms with Crippen LogP contribution < -0.4 is 31.6 Å². The van der Waals surface area contributed by atoms with Crippen molar-refractivity contribution in [2.24, 2.45) is 0 Å². The van der Waals surface area contributed by atoms with E-state index in [-0.39, 0.29) is 15.9 Å². The molecule has 0 unspecified atom stereocenters. The lowest BCUT2D eigenvalue weighted by Crippen LogP contribution is -2.39. The highest BCUT2D eigenvalue weighted by molar-refractivity contribution is 6.17. The van der Waals surface area contributed by atoms with E-state index >= 15 is 0 Å². The minimum atomic E-state index is -0.753. The van der Waals surface area contributed by atoms with Crippen LogP contribution in [0.15, 0.2) is 99.0 Å². The zero-order valence-electron chi connectivity index (χ0n) is 25.3. The molecule has 0 amide bonds. The summed E-state index contributed by atoms with van der Waals surface area (Å²) in [6.07, 6.45) is 5.01. The Labute approximate surface area is 249 Å². The standard InChI is InChI=1S/C38H33N2O3/c1-37(2)30(39(5)28-18-15-22-11-7-9-13-24(22)32(28)37)20-17-26-34(41)27(36(43)35(26)42)21-31-38(3,4)33-25-14-10-8-12-23(25)16-19-29(33)40(31)6/h7-21H,1-6H3/q+1/b26-17-,27-21-,30-20+. The number of anilines is 1. The van der Waals surface area contributed by atoms with E-state index in [4.69, 9.17) is 0 Å². The molecular formula is C38H33N2O3+. The van der Waals surface area contributed by atoms with Gasteiger partial charge in [-0.2, -0.15) is 4.58 Å². The van der Waals surface area contributed by atoms with Crippen LogP contribution >= 0.6 is 0 Å². The first-order valence-corrected chi connectivity index (χ1v) is 14.6. The molecule has 0 saturated carbocycles. The van der Waals surface area contributed by atoms with Crippen molar-refractivity contribution >= 4 is 50.8 Å². The van der Waals surface area contributed by atoms with Crippen molar-refractivity contribution in [2.45, 2.75) is 38.5 Å². The summed E-state index contributed by atoms with van der Waals surface area (Å²) in [7, 11) is 3.94. The predicted molar refractivity (Wildman–Crippen MR) is 177 cm³/mol. The van der Waals surface area contributed by atoms with Gasteiger partial charge in [0.15, 0.2) is 5.71 Å².